The van der Waals surface area contributed by atoms with Gasteiger partial charge in [-0.2, -0.15) is 0 Å². The van der Waals surface area contributed by atoms with E-state index in [4.69, 9.17) is 16.3 Å². The van der Waals surface area contributed by atoms with Crippen molar-refractivity contribution in [2.45, 2.75) is 44.9 Å². The summed E-state index contributed by atoms with van der Waals surface area (Å²) >= 11 is 5.75. The smallest absolute Gasteiger partial charge is 0.337 e. The number of aromatic nitrogens is 1. The molecule has 1 aromatic heterocycles. The van der Waals surface area contributed by atoms with Crippen molar-refractivity contribution >= 4 is 40.1 Å². The Labute approximate surface area is 187 Å². The fraction of sp³-hybridized carbons (Fsp3) is 0.360. The van der Waals surface area contributed by atoms with Crippen LogP contribution in [0, 0.1) is 6.92 Å². The van der Waals surface area contributed by atoms with Gasteiger partial charge in [-0.15, -0.1) is 11.6 Å². The van der Waals surface area contributed by atoms with Crippen molar-refractivity contribution in [3.8, 4) is 11.3 Å². The van der Waals surface area contributed by atoms with Crippen LogP contribution in [-0.4, -0.2) is 29.9 Å². The topological polar surface area (TPSA) is 71.2 Å². The molecule has 1 aliphatic carbocycles. The first-order valence-electron chi connectivity index (χ1n) is 10.7. The van der Waals surface area contributed by atoms with Gasteiger partial charge in [0.25, 0.3) is 0 Å². The third-order valence-corrected chi connectivity index (χ3v) is 6.36. The molecule has 3 aromatic rings. The van der Waals surface area contributed by atoms with Gasteiger partial charge in [0.2, 0.25) is 5.91 Å². The van der Waals surface area contributed by atoms with Crippen LogP contribution in [0.3, 0.4) is 0 Å². The first-order valence-corrected chi connectivity index (χ1v) is 11.3. The molecule has 1 saturated carbocycles. The predicted molar refractivity (Wildman–Crippen MR) is 125 cm³/mol. The van der Waals surface area contributed by atoms with Crippen LogP contribution in [0.2, 0.25) is 0 Å². The second kappa shape index (κ2) is 9.15. The maximum absolute atomic E-state index is 12.1. The molecule has 0 bridgehead atoms. The molecule has 4 rings (SSSR count). The second-order valence-corrected chi connectivity index (χ2v) is 8.50. The summed E-state index contributed by atoms with van der Waals surface area (Å²) in [4.78, 5) is 27.7. The lowest BCUT2D eigenvalue weighted by Crippen LogP contribution is -2.14. The molecule has 0 aliphatic heterocycles. The maximum atomic E-state index is 12.1. The molecule has 1 heterocycles. The van der Waals surface area contributed by atoms with E-state index < -0.39 is 0 Å². The monoisotopic (exact) mass is 438 g/mol. The van der Waals surface area contributed by atoms with Crippen LogP contribution in [-0.2, 0) is 9.53 Å². The lowest BCUT2D eigenvalue weighted by molar-refractivity contribution is -0.113. The number of halogens is 1. The lowest BCUT2D eigenvalue weighted by Gasteiger charge is -2.23. The Bertz CT molecular complexity index is 1130. The number of aryl methyl sites for hydroxylation is 1. The third-order valence-electron chi connectivity index (χ3n) is 6.11. The summed E-state index contributed by atoms with van der Waals surface area (Å²) in [6.45, 7) is 2.00. The van der Waals surface area contributed by atoms with Gasteiger partial charge in [-0.1, -0.05) is 37.5 Å². The van der Waals surface area contributed by atoms with E-state index >= 15 is 0 Å². The van der Waals surface area contributed by atoms with Gasteiger partial charge in [0.1, 0.15) is 5.88 Å². The zero-order valence-corrected chi connectivity index (χ0v) is 18.6. The first-order chi connectivity index (χ1) is 15.0. The molecule has 162 valence electrons. The number of nitrogens with one attached hydrogen (secondary N) is 2. The van der Waals surface area contributed by atoms with Crippen molar-refractivity contribution in [1.29, 1.82) is 0 Å². The predicted octanol–water partition coefficient (Wildman–Crippen LogP) is 6.15. The van der Waals surface area contributed by atoms with E-state index in [1.807, 2.05) is 43.3 Å². The molecule has 1 aliphatic rings. The molecule has 6 heteroatoms. The minimum Gasteiger partial charge on any atom is -0.465 e. The number of hydrogen-bond donors (Lipinski definition) is 2. The Kier molecular flexibility index (Phi) is 6.33. The summed E-state index contributed by atoms with van der Waals surface area (Å²) in [6, 6.07) is 11.7. The van der Waals surface area contributed by atoms with Crippen molar-refractivity contribution in [1.82, 2.24) is 4.98 Å². The average Bonchev–Trinajstić information content (AvgIpc) is 3.17. The minimum absolute atomic E-state index is 0.0992. The van der Waals surface area contributed by atoms with E-state index in [1.165, 1.54) is 31.9 Å². The number of amides is 1. The Balaban J connectivity index is 1.92. The zero-order valence-electron chi connectivity index (χ0n) is 17.9. The van der Waals surface area contributed by atoms with Crippen molar-refractivity contribution in [3.05, 3.63) is 53.1 Å². The number of carbonyl (C=O) groups excluding carboxylic acids is 2. The standard InChI is InChI=1S/C25H27ClN2O3/c1-15-8-10-19(20(12-15)27-22(29)14-26)24-23(16-6-4-3-5-7-16)18-11-9-17(25(30)31-2)13-21(18)28-24/h8-13,16,28H,3-7,14H2,1-2H3,(H,27,29). The lowest BCUT2D eigenvalue weighted by atomic mass is 9.81. The number of fused-ring (bicyclic) bond motifs is 1. The fourth-order valence-electron chi connectivity index (χ4n) is 4.65. The number of aromatic amines is 1. The van der Waals surface area contributed by atoms with E-state index in [-0.39, 0.29) is 17.8 Å². The van der Waals surface area contributed by atoms with Gasteiger partial charge in [-0.05, 0) is 55.0 Å². The molecular weight excluding hydrogens is 412 g/mol. The van der Waals surface area contributed by atoms with E-state index in [0.717, 1.165) is 46.3 Å². The van der Waals surface area contributed by atoms with Gasteiger partial charge in [0.15, 0.2) is 0 Å². The highest BCUT2D eigenvalue weighted by atomic mass is 35.5. The molecule has 1 fully saturated rings. The summed E-state index contributed by atoms with van der Waals surface area (Å²) in [5, 5.41) is 4.06. The van der Waals surface area contributed by atoms with Crippen LogP contribution < -0.4 is 5.32 Å². The quantitative estimate of drug-likeness (QED) is 0.370. The van der Waals surface area contributed by atoms with Crippen LogP contribution >= 0.6 is 11.6 Å². The van der Waals surface area contributed by atoms with Gasteiger partial charge in [-0.25, -0.2) is 4.79 Å². The number of hydrogen-bond acceptors (Lipinski definition) is 3. The van der Waals surface area contributed by atoms with Crippen molar-refractivity contribution < 1.29 is 14.3 Å². The summed E-state index contributed by atoms with van der Waals surface area (Å²) in [6.07, 6.45) is 5.95. The van der Waals surface area contributed by atoms with Gasteiger partial charge < -0.3 is 15.0 Å². The molecule has 0 spiro atoms. The Hall–Kier alpha value is -2.79. The number of H-pyrrole nitrogens is 1. The highest BCUT2D eigenvalue weighted by molar-refractivity contribution is 6.29. The highest BCUT2D eigenvalue weighted by Gasteiger charge is 2.25. The SMILES string of the molecule is COC(=O)c1ccc2c(C3CCCCC3)c(-c3ccc(C)cc3NC(=O)CCl)[nH]c2c1. The summed E-state index contributed by atoms with van der Waals surface area (Å²) in [5.74, 6) is -0.267. The zero-order chi connectivity index (χ0) is 22.0. The number of esters is 1. The molecule has 0 unspecified atom stereocenters. The van der Waals surface area contributed by atoms with E-state index in [2.05, 4.69) is 10.3 Å². The Morgan fingerprint density at radius 2 is 1.90 bits per heavy atom. The van der Waals surface area contributed by atoms with E-state index in [0.29, 0.717) is 11.5 Å². The number of methoxy groups -OCH3 is 1. The fourth-order valence-corrected chi connectivity index (χ4v) is 4.72. The highest BCUT2D eigenvalue weighted by Crippen LogP contribution is 2.44. The molecule has 31 heavy (non-hydrogen) atoms. The largest absolute Gasteiger partial charge is 0.465 e. The average molecular weight is 439 g/mol. The van der Waals surface area contributed by atoms with Crippen LogP contribution in [0.5, 0.6) is 0 Å². The number of rotatable bonds is 5. The number of carbonyl (C=O) groups is 2. The normalized spacial score (nSPS) is 14.5. The number of alkyl halides is 1. The van der Waals surface area contributed by atoms with Crippen molar-refractivity contribution in [3.63, 3.8) is 0 Å². The molecule has 0 saturated heterocycles. The van der Waals surface area contributed by atoms with Gasteiger partial charge >= 0.3 is 5.97 Å². The summed E-state index contributed by atoms with van der Waals surface area (Å²) in [5.41, 5.74) is 6.39. The molecule has 2 N–H and O–H groups in total. The molecule has 5 nitrogen and oxygen atoms in total. The van der Waals surface area contributed by atoms with Gasteiger partial charge in [0, 0.05) is 16.5 Å². The molecular formula is C25H27ClN2O3. The number of benzene rings is 2. The summed E-state index contributed by atoms with van der Waals surface area (Å²) in [7, 11) is 1.39. The van der Waals surface area contributed by atoms with Crippen molar-refractivity contribution in [2.75, 3.05) is 18.3 Å². The number of anilines is 1. The Morgan fingerprint density at radius 1 is 1.13 bits per heavy atom. The van der Waals surface area contributed by atoms with Crippen LogP contribution in [0.4, 0.5) is 5.69 Å². The van der Waals surface area contributed by atoms with Crippen LogP contribution in [0.15, 0.2) is 36.4 Å². The number of ether oxygens (including phenoxy) is 1. The van der Waals surface area contributed by atoms with Crippen LogP contribution in [0.25, 0.3) is 22.2 Å². The third kappa shape index (κ3) is 4.33. The second-order valence-electron chi connectivity index (χ2n) is 8.23. The van der Waals surface area contributed by atoms with Crippen molar-refractivity contribution in [2.24, 2.45) is 0 Å². The van der Waals surface area contributed by atoms with E-state index in [1.54, 1.807) is 0 Å². The minimum atomic E-state index is -0.359. The Morgan fingerprint density at radius 3 is 2.61 bits per heavy atom. The molecule has 1 amide bonds. The molecule has 0 radical (unpaired) electrons. The first kappa shape index (κ1) is 21.4. The van der Waals surface area contributed by atoms with Crippen LogP contribution in [0.1, 0.15) is 59.5 Å². The van der Waals surface area contributed by atoms with E-state index in [9.17, 15) is 9.59 Å². The summed E-state index contributed by atoms with van der Waals surface area (Å²) < 4.78 is 4.90. The maximum Gasteiger partial charge on any atom is 0.337 e. The van der Waals surface area contributed by atoms with Gasteiger partial charge in [0.05, 0.1) is 24.1 Å². The van der Waals surface area contributed by atoms with Gasteiger partial charge in [-0.3, -0.25) is 4.79 Å². The molecule has 2 aromatic carbocycles. The molecule has 0 atom stereocenters.